The second-order valence-corrected chi connectivity index (χ2v) is 8.09. The minimum absolute atomic E-state index is 0.375. The van der Waals surface area contributed by atoms with E-state index < -0.39 is 0 Å². The topological polar surface area (TPSA) is 33.3 Å². The van der Waals surface area contributed by atoms with E-state index >= 15 is 0 Å². The van der Waals surface area contributed by atoms with Crippen LogP contribution in [0.1, 0.15) is 55.7 Å². The van der Waals surface area contributed by atoms with Crippen molar-refractivity contribution >= 4 is 0 Å². The zero-order chi connectivity index (χ0) is 18.5. The molecule has 2 aliphatic rings. The van der Waals surface area contributed by atoms with Gasteiger partial charge in [-0.1, -0.05) is 67.8 Å². The molecule has 1 saturated carbocycles. The fourth-order valence-corrected chi connectivity index (χ4v) is 4.98. The lowest BCUT2D eigenvalue weighted by Gasteiger charge is -2.43. The number of hydrogen-bond donors (Lipinski definition) is 2. The van der Waals surface area contributed by atoms with E-state index in [1.807, 2.05) is 12.1 Å². The van der Waals surface area contributed by atoms with Crippen molar-refractivity contribution in [3.8, 4) is 5.75 Å². The van der Waals surface area contributed by atoms with Gasteiger partial charge in [0.1, 0.15) is 5.75 Å². The molecule has 0 amide bonds. The van der Waals surface area contributed by atoms with Gasteiger partial charge < -0.3 is 15.4 Å². The molecular weight excluding hydrogens is 332 g/mol. The Bertz CT molecular complexity index is 717. The molecule has 1 aliphatic heterocycles. The predicted octanol–water partition coefficient (Wildman–Crippen LogP) is 4.84. The lowest BCUT2D eigenvalue weighted by Crippen LogP contribution is -2.54. The molecule has 4 atom stereocenters. The number of methoxy groups -OCH3 is 1. The molecule has 4 rings (SSSR count). The van der Waals surface area contributed by atoms with Crippen molar-refractivity contribution in [2.24, 2.45) is 5.92 Å². The van der Waals surface area contributed by atoms with Gasteiger partial charge >= 0.3 is 0 Å². The summed E-state index contributed by atoms with van der Waals surface area (Å²) in [6.45, 7) is 0.844. The van der Waals surface area contributed by atoms with Crippen LogP contribution in [0.4, 0.5) is 0 Å². The molecule has 4 unspecified atom stereocenters. The molecule has 0 bridgehead atoms. The molecule has 0 aromatic heterocycles. The molecule has 144 valence electrons. The van der Waals surface area contributed by atoms with Crippen molar-refractivity contribution in [1.29, 1.82) is 0 Å². The predicted molar refractivity (Wildman–Crippen MR) is 111 cm³/mol. The Morgan fingerprint density at radius 3 is 2.59 bits per heavy atom. The average Bonchev–Trinajstić information content (AvgIpc) is 2.97. The molecule has 1 saturated heterocycles. The van der Waals surface area contributed by atoms with Gasteiger partial charge in [-0.25, -0.2) is 0 Å². The lowest BCUT2D eigenvalue weighted by atomic mass is 9.79. The number of fused-ring (bicyclic) bond motifs is 1. The molecule has 3 heteroatoms. The normalized spacial score (nSPS) is 28.2. The van der Waals surface area contributed by atoms with Crippen molar-refractivity contribution in [2.45, 2.75) is 63.2 Å². The molecule has 1 aliphatic carbocycles. The lowest BCUT2D eigenvalue weighted by molar-refractivity contribution is 0.172. The number of piperidine rings is 1. The Labute approximate surface area is 163 Å². The average molecular weight is 365 g/mol. The van der Waals surface area contributed by atoms with E-state index in [4.69, 9.17) is 4.74 Å². The third kappa shape index (κ3) is 4.36. The Kier molecular flexibility index (Phi) is 6.10. The molecule has 27 heavy (non-hydrogen) atoms. The summed E-state index contributed by atoms with van der Waals surface area (Å²) in [5.41, 5.74) is 2.63. The summed E-state index contributed by atoms with van der Waals surface area (Å²) in [7, 11) is 1.75. The van der Waals surface area contributed by atoms with Gasteiger partial charge in [0.25, 0.3) is 0 Å². The summed E-state index contributed by atoms with van der Waals surface area (Å²) in [6.07, 6.45) is 8.10. The van der Waals surface area contributed by atoms with Crippen molar-refractivity contribution in [1.82, 2.24) is 10.6 Å². The van der Waals surface area contributed by atoms with Crippen LogP contribution in [0.5, 0.6) is 5.75 Å². The summed E-state index contributed by atoms with van der Waals surface area (Å²) in [5, 5.41) is 7.91. The van der Waals surface area contributed by atoms with E-state index in [-0.39, 0.29) is 0 Å². The summed E-state index contributed by atoms with van der Waals surface area (Å²) >= 11 is 0. The van der Waals surface area contributed by atoms with Gasteiger partial charge in [-0.3, -0.25) is 0 Å². The van der Waals surface area contributed by atoms with Crippen molar-refractivity contribution < 1.29 is 4.74 Å². The summed E-state index contributed by atoms with van der Waals surface area (Å²) in [4.78, 5) is 0. The van der Waals surface area contributed by atoms with E-state index in [9.17, 15) is 0 Å². The molecule has 2 N–H and O–H groups in total. The zero-order valence-corrected chi connectivity index (χ0v) is 16.4. The number of benzene rings is 2. The van der Waals surface area contributed by atoms with Gasteiger partial charge in [0.15, 0.2) is 0 Å². The van der Waals surface area contributed by atoms with Gasteiger partial charge in [-0.15, -0.1) is 0 Å². The van der Waals surface area contributed by atoms with Gasteiger partial charge in [-0.05, 0) is 36.8 Å². The minimum Gasteiger partial charge on any atom is -0.496 e. The van der Waals surface area contributed by atoms with Gasteiger partial charge in [0, 0.05) is 30.2 Å². The summed E-state index contributed by atoms with van der Waals surface area (Å²) in [5.74, 6) is 1.76. The molecule has 2 aromatic rings. The SMILES string of the molecule is COc1ccccc1CNC1CC2CCCCCC2NC1c1ccccc1. The summed E-state index contributed by atoms with van der Waals surface area (Å²) in [6, 6.07) is 20.8. The van der Waals surface area contributed by atoms with Crippen molar-refractivity contribution in [2.75, 3.05) is 7.11 Å². The first kappa shape index (κ1) is 18.5. The van der Waals surface area contributed by atoms with E-state index in [2.05, 4.69) is 53.1 Å². The highest BCUT2D eigenvalue weighted by Gasteiger charge is 2.37. The molecular formula is C24H32N2O. The smallest absolute Gasteiger partial charge is 0.123 e. The minimum atomic E-state index is 0.375. The largest absolute Gasteiger partial charge is 0.496 e. The van der Waals surface area contributed by atoms with Crippen LogP contribution >= 0.6 is 0 Å². The van der Waals surface area contributed by atoms with Crippen molar-refractivity contribution in [3.05, 3.63) is 65.7 Å². The molecule has 0 spiro atoms. The van der Waals surface area contributed by atoms with Crippen LogP contribution < -0.4 is 15.4 Å². The molecule has 2 fully saturated rings. The Balaban J connectivity index is 1.53. The summed E-state index contributed by atoms with van der Waals surface area (Å²) < 4.78 is 5.54. The standard InChI is InChI=1S/C24H32N2O/c1-27-23-15-9-8-13-20(23)17-25-22-16-19-12-6-3-7-14-21(19)26-24(22)18-10-4-2-5-11-18/h2,4-5,8-11,13,15,19,21-22,24-26H,3,6-7,12,14,16-17H2,1H3. The third-order valence-electron chi connectivity index (χ3n) is 6.42. The quantitative estimate of drug-likeness (QED) is 0.797. The van der Waals surface area contributed by atoms with Crippen LogP contribution in [0.15, 0.2) is 54.6 Å². The second-order valence-electron chi connectivity index (χ2n) is 8.09. The third-order valence-corrected chi connectivity index (χ3v) is 6.42. The molecule has 2 aromatic carbocycles. The molecule has 1 heterocycles. The first-order valence-corrected chi connectivity index (χ1v) is 10.5. The van der Waals surface area contributed by atoms with Crippen LogP contribution in [0.25, 0.3) is 0 Å². The van der Waals surface area contributed by atoms with Crippen LogP contribution in [-0.2, 0) is 6.54 Å². The maximum atomic E-state index is 5.54. The fourth-order valence-electron chi connectivity index (χ4n) is 4.98. The fraction of sp³-hybridized carbons (Fsp3) is 0.500. The number of ether oxygens (including phenoxy) is 1. The second kappa shape index (κ2) is 8.90. The maximum absolute atomic E-state index is 5.54. The highest BCUT2D eigenvalue weighted by molar-refractivity contribution is 5.33. The van der Waals surface area contributed by atoms with Crippen LogP contribution in [0.3, 0.4) is 0 Å². The van der Waals surface area contributed by atoms with Gasteiger partial charge in [0.2, 0.25) is 0 Å². The zero-order valence-electron chi connectivity index (χ0n) is 16.4. The highest BCUT2D eigenvalue weighted by Crippen LogP contribution is 2.36. The van der Waals surface area contributed by atoms with Gasteiger partial charge in [0.05, 0.1) is 7.11 Å². The van der Waals surface area contributed by atoms with Crippen LogP contribution in [0.2, 0.25) is 0 Å². The van der Waals surface area contributed by atoms with Crippen LogP contribution in [-0.4, -0.2) is 19.2 Å². The first-order chi connectivity index (χ1) is 13.3. The van der Waals surface area contributed by atoms with Crippen molar-refractivity contribution in [3.63, 3.8) is 0 Å². The monoisotopic (exact) mass is 364 g/mol. The van der Waals surface area contributed by atoms with Crippen LogP contribution in [0, 0.1) is 5.92 Å². The Hall–Kier alpha value is -1.84. The number of rotatable bonds is 5. The number of hydrogen-bond acceptors (Lipinski definition) is 3. The van der Waals surface area contributed by atoms with E-state index in [1.54, 1.807) is 7.11 Å². The Morgan fingerprint density at radius 2 is 1.74 bits per heavy atom. The highest BCUT2D eigenvalue weighted by atomic mass is 16.5. The molecule has 0 radical (unpaired) electrons. The van der Waals surface area contributed by atoms with E-state index in [1.165, 1.54) is 49.7 Å². The van der Waals surface area contributed by atoms with E-state index in [0.29, 0.717) is 18.1 Å². The first-order valence-electron chi connectivity index (χ1n) is 10.5. The Morgan fingerprint density at radius 1 is 0.963 bits per heavy atom. The van der Waals surface area contributed by atoms with E-state index in [0.717, 1.165) is 18.2 Å². The number of para-hydroxylation sites is 1. The van der Waals surface area contributed by atoms with Gasteiger partial charge in [-0.2, -0.15) is 0 Å². The maximum Gasteiger partial charge on any atom is 0.123 e. The number of nitrogens with one attached hydrogen (secondary N) is 2. The molecule has 3 nitrogen and oxygen atoms in total.